The van der Waals surface area contributed by atoms with Crippen molar-refractivity contribution in [3.8, 4) is 0 Å². The van der Waals surface area contributed by atoms with Crippen molar-refractivity contribution >= 4 is 34.9 Å². The lowest BCUT2D eigenvalue weighted by Gasteiger charge is -2.40. The highest BCUT2D eigenvalue weighted by Crippen LogP contribution is 2.18. The standard InChI is InChI=1S/C23H27FN4O4S/c24-16-5-7-17(8-6-16)26-23(31)27-9-10-28(21(29)13-19-4-2-12-33-19)20(15-27)22(30)25-14-18-3-1-11-32-18/h2,4-8,12,18,20H,1,3,9-11,13-15H2,(H,25,30)(H,26,31). The number of urea groups is 1. The number of amides is 4. The first kappa shape index (κ1) is 23.2. The number of carbonyl (C=O) groups is 3. The Labute approximate surface area is 195 Å². The summed E-state index contributed by atoms with van der Waals surface area (Å²) >= 11 is 1.49. The second-order valence-electron chi connectivity index (χ2n) is 8.12. The Kier molecular flexibility index (Phi) is 7.56. The third kappa shape index (κ3) is 6.08. The first-order valence-electron chi connectivity index (χ1n) is 11.0. The van der Waals surface area contributed by atoms with Crippen molar-refractivity contribution in [1.29, 1.82) is 0 Å². The van der Waals surface area contributed by atoms with Crippen molar-refractivity contribution in [3.05, 3.63) is 52.5 Å². The summed E-state index contributed by atoms with van der Waals surface area (Å²) in [5.41, 5.74) is 0.456. The van der Waals surface area contributed by atoms with Gasteiger partial charge in [-0.25, -0.2) is 9.18 Å². The molecule has 0 saturated carbocycles. The van der Waals surface area contributed by atoms with Crippen molar-refractivity contribution in [2.45, 2.75) is 31.4 Å². The van der Waals surface area contributed by atoms with Gasteiger partial charge in [-0.1, -0.05) is 6.07 Å². The number of thiophene rings is 1. The number of carbonyl (C=O) groups excluding carboxylic acids is 3. The van der Waals surface area contributed by atoms with Crippen molar-refractivity contribution in [2.75, 3.05) is 38.1 Å². The highest BCUT2D eigenvalue weighted by atomic mass is 32.1. The highest BCUT2D eigenvalue weighted by Gasteiger charge is 2.37. The zero-order chi connectivity index (χ0) is 23.2. The van der Waals surface area contributed by atoms with E-state index in [2.05, 4.69) is 10.6 Å². The number of rotatable bonds is 6. The Morgan fingerprint density at radius 2 is 1.97 bits per heavy atom. The van der Waals surface area contributed by atoms with E-state index in [1.165, 1.54) is 40.5 Å². The molecule has 2 unspecified atom stereocenters. The Morgan fingerprint density at radius 1 is 1.15 bits per heavy atom. The molecule has 2 N–H and O–H groups in total. The summed E-state index contributed by atoms with van der Waals surface area (Å²) in [5, 5.41) is 7.53. The van der Waals surface area contributed by atoms with Crippen molar-refractivity contribution in [2.24, 2.45) is 0 Å². The second-order valence-corrected chi connectivity index (χ2v) is 9.15. The average molecular weight is 475 g/mol. The van der Waals surface area contributed by atoms with Crippen LogP contribution in [0.5, 0.6) is 0 Å². The molecule has 2 atom stereocenters. The van der Waals surface area contributed by atoms with Crippen LogP contribution in [0.3, 0.4) is 0 Å². The summed E-state index contributed by atoms with van der Waals surface area (Å²) in [6.07, 6.45) is 2.05. The molecule has 1 aromatic carbocycles. The normalized spacial score (nSPS) is 20.5. The van der Waals surface area contributed by atoms with Crippen LogP contribution in [0.1, 0.15) is 17.7 Å². The van der Waals surface area contributed by atoms with Gasteiger partial charge in [-0.2, -0.15) is 0 Å². The number of nitrogens with zero attached hydrogens (tertiary/aromatic N) is 2. The molecule has 1 aromatic heterocycles. The SMILES string of the molecule is O=C(NCC1CCCO1)C1CN(C(=O)Nc2ccc(F)cc2)CCN1C(=O)Cc1cccs1. The van der Waals surface area contributed by atoms with Gasteiger partial charge in [0.15, 0.2) is 0 Å². The van der Waals surface area contributed by atoms with Gasteiger partial charge >= 0.3 is 6.03 Å². The van der Waals surface area contributed by atoms with Crippen LogP contribution in [0.2, 0.25) is 0 Å². The molecular formula is C23H27FN4O4S. The van der Waals surface area contributed by atoms with Crippen LogP contribution in [0.15, 0.2) is 41.8 Å². The molecule has 0 bridgehead atoms. The summed E-state index contributed by atoms with van der Waals surface area (Å²) in [7, 11) is 0. The third-order valence-electron chi connectivity index (χ3n) is 5.82. The lowest BCUT2D eigenvalue weighted by atomic mass is 10.1. The van der Waals surface area contributed by atoms with Crippen LogP contribution in [-0.4, -0.2) is 72.6 Å². The number of halogens is 1. The number of benzene rings is 1. The van der Waals surface area contributed by atoms with Crippen molar-refractivity contribution in [3.63, 3.8) is 0 Å². The largest absolute Gasteiger partial charge is 0.376 e. The molecular weight excluding hydrogens is 447 g/mol. The lowest BCUT2D eigenvalue weighted by molar-refractivity contribution is -0.142. The maximum Gasteiger partial charge on any atom is 0.321 e. The molecule has 4 amide bonds. The number of nitrogens with one attached hydrogen (secondary N) is 2. The van der Waals surface area contributed by atoms with Gasteiger partial charge in [-0.05, 0) is 48.6 Å². The van der Waals surface area contributed by atoms with E-state index >= 15 is 0 Å². The Bertz CT molecular complexity index is 963. The number of hydrogen-bond donors (Lipinski definition) is 2. The molecule has 0 spiro atoms. The van der Waals surface area contributed by atoms with Gasteiger partial charge < -0.3 is 25.2 Å². The van der Waals surface area contributed by atoms with Gasteiger partial charge in [-0.15, -0.1) is 11.3 Å². The quantitative estimate of drug-likeness (QED) is 0.673. The molecule has 3 heterocycles. The molecule has 2 aliphatic rings. The van der Waals surface area contributed by atoms with Crippen molar-refractivity contribution < 1.29 is 23.5 Å². The third-order valence-corrected chi connectivity index (χ3v) is 6.70. The summed E-state index contributed by atoms with van der Waals surface area (Å²) in [4.78, 5) is 42.9. The molecule has 176 valence electrons. The van der Waals surface area contributed by atoms with E-state index in [1.807, 2.05) is 17.5 Å². The zero-order valence-electron chi connectivity index (χ0n) is 18.2. The predicted octanol–water partition coefficient (Wildman–Crippen LogP) is 2.47. The predicted molar refractivity (Wildman–Crippen MR) is 122 cm³/mol. The van der Waals surface area contributed by atoms with Crippen LogP contribution in [0.25, 0.3) is 0 Å². The molecule has 0 radical (unpaired) electrons. The van der Waals surface area contributed by atoms with Crippen LogP contribution < -0.4 is 10.6 Å². The van der Waals surface area contributed by atoms with E-state index < -0.39 is 17.9 Å². The zero-order valence-corrected chi connectivity index (χ0v) is 19.0. The molecule has 2 fully saturated rings. The van der Waals surface area contributed by atoms with E-state index in [4.69, 9.17) is 4.74 Å². The van der Waals surface area contributed by atoms with E-state index in [0.29, 0.717) is 25.4 Å². The monoisotopic (exact) mass is 474 g/mol. The first-order chi connectivity index (χ1) is 16.0. The molecule has 4 rings (SSSR count). The van der Waals surface area contributed by atoms with Crippen LogP contribution >= 0.6 is 11.3 Å². The smallest absolute Gasteiger partial charge is 0.321 e. The Balaban J connectivity index is 1.43. The minimum absolute atomic E-state index is 0.0225. The average Bonchev–Trinajstić information content (AvgIpc) is 3.53. The van der Waals surface area contributed by atoms with Crippen LogP contribution in [-0.2, 0) is 20.7 Å². The molecule has 10 heteroatoms. The van der Waals surface area contributed by atoms with E-state index in [1.54, 1.807) is 4.90 Å². The van der Waals surface area contributed by atoms with E-state index in [9.17, 15) is 18.8 Å². The molecule has 2 aliphatic heterocycles. The number of piperazine rings is 1. The lowest BCUT2D eigenvalue weighted by Crippen LogP contribution is -2.62. The van der Waals surface area contributed by atoms with Gasteiger partial charge in [0.1, 0.15) is 11.9 Å². The fourth-order valence-electron chi connectivity index (χ4n) is 4.03. The van der Waals surface area contributed by atoms with Crippen LogP contribution in [0.4, 0.5) is 14.9 Å². The molecule has 2 aromatic rings. The molecule has 2 saturated heterocycles. The Hall–Kier alpha value is -2.98. The highest BCUT2D eigenvalue weighted by molar-refractivity contribution is 7.10. The topological polar surface area (TPSA) is 91.0 Å². The second kappa shape index (κ2) is 10.8. The summed E-state index contributed by atoms with van der Waals surface area (Å²) in [6.45, 7) is 1.68. The molecule has 8 nitrogen and oxygen atoms in total. The van der Waals surface area contributed by atoms with Gasteiger partial charge in [0.2, 0.25) is 11.8 Å². The summed E-state index contributed by atoms with van der Waals surface area (Å²) < 4.78 is 18.7. The maximum atomic E-state index is 13.1. The minimum Gasteiger partial charge on any atom is -0.376 e. The van der Waals surface area contributed by atoms with Gasteiger partial charge in [0, 0.05) is 36.8 Å². The maximum absolute atomic E-state index is 13.1. The first-order valence-corrected chi connectivity index (χ1v) is 11.9. The van der Waals surface area contributed by atoms with Crippen molar-refractivity contribution in [1.82, 2.24) is 15.1 Å². The van der Waals surface area contributed by atoms with Gasteiger partial charge in [0.25, 0.3) is 0 Å². The summed E-state index contributed by atoms with van der Waals surface area (Å²) in [6, 6.07) is 8.05. The number of ether oxygens (including phenoxy) is 1. The molecule has 33 heavy (non-hydrogen) atoms. The minimum atomic E-state index is -0.799. The van der Waals surface area contributed by atoms with E-state index in [-0.39, 0.29) is 37.4 Å². The van der Waals surface area contributed by atoms with Gasteiger partial charge in [-0.3, -0.25) is 9.59 Å². The fraction of sp³-hybridized carbons (Fsp3) is 0.435. The number of hydrogen-bond acceptors (Lipinski definition) is 5. The fourth-order valence-corrected chi connectivity index (χ4v) is 4.72. The number of anilines is 1. The van der Waals surface area contributed by atoms with Gasteiger partial charge in [0.05, 0.1) is 19.1 Å². The van der Waals surface area contributed by atoms with E-state index in [0.717, 1.165) is 17.7 Å². The Morgan fingerprint density at radius 3 is 2.67 bits per heavy atom. The van der Waals surface area contributed by atoms with Crippen LogP contribution in [0, 0.1) is 5.82 Å². The molecule has 0 aliphatic carbocycles. The summed E-state index contributed by atoms with van der Waals surface area (Å²) in [5.74, 6) is -0.841.